The average molecular weight is 328 g/mol. The number of aliphatic hydroxyl groups is 1. The number of para-hydroxylation sites is 1. The number of β-amino-alcohol motifs (C(OH)–C–C–N with tert-alkyl or cyclic N) is 1. The highest BCUT2D eigenvalue weighted by molar-refractivity contribution is 5.30. The number of nitrogens with one attached hydrogen (secondary N) is 1. The van der Waals surface area contributed by atoms with Gasteiger partial charge in [-0.3, -0.25) is 0 Å². The van der Waals surface area contributed by atoms with Gasteiger partial charge in [-0.15, -0.1) is 0 Å². The van der Waals surface area contributed by atoms with Crippen LogP contribution in [0.15, 0.2) is 42.6 Å². The Hall–Kier alpha value is -1.69. The van der Waals surface area contributed by atoms with Gasteiger partial charge in [0.05, 0.1) is 17.5 Å². The molecule has 1 atom stereocenters. The fraction of sp³-hybridized carbons (Fsp3) is 0.526. The van der Waals surface area contributed by atoms with Crippen molar-refractivity contribution in [2.75, 3.05) is 26.2 Å². The Morgan fingerprint density at radius 1 is 1.21 bits per heavy atom. The number of hydrogen-bond acceptors (Lipinski definition) is 4. The number of rotatable bonds is 7. The smallest absolute Gasteiger partial charge is 0.0791 e. The van der Waals surface area contributed by atoms with Crippen LogP contribution in [0.2, 0.25) is 0 Å². The third-order valence-corrected chi connectivity index (χ3v) is 4.70. The summed E-state index contributed by atoms with van der Waals surface area (Å²) in [5.74, 6) is 0.830. The van der Waals surface area contributed by atoms with E-state index in [1.54, 1.807) is 0 Å². The molecule has 1 aliphatic rings. The summed E-state index contributed by atoms with van der Waals surface area (Å²) in [5.41, 5.74) is 2.04. The second-order valence-corrected chi connectivity index (χ2v) is 6.86. The van der Waals surface area contributed by atoms with Crippen molar-refractivity contribution in [3.63, 3.8) is 0 Å². The zero-order valence-corrected chi connectivity index (χ0v) is 14.4. The quantitative estimate of drug-likeness (QED) is 0.817. The van der Waals surface area contributed by atoms with E-state index in [-0.39, 0.29) is 6.10 Å². The van der Waals surface area contributed by atoms with Crippen LogP contribution < -0.4 is 5.32 Å². The third-order valence-electron chi connectivity index (χ3n) is 4.70. The topological polar surface area (TPSA) is 53.3 Å². The number of aromatic nitrogens is 2. The molecule has 3 rings (SSSR count). The van der Waals surface area contributed by atoms with E-state index in [0.29, 0.717) is 13.1 Å². The molecule has 2 N–H and O–H groups in total. The normalized spacial score (nSPS) is 17.9. The summed E-state index contributed by atoms with van der Waals surface area (Å²) < 4.78 is 1.88. The minimum Gasteiger partial charge on any atom is -0.390 e. The van der Waals surface area contributed by atoms with Gasteiger partial charge in [0.2, 0.25) is 0 Å². The number of hydrogen-bond donors (Lipinski definition) is 2. The first-order valence-electron chi connectivity index (χ1n) is 8.92. The lowest BCUT2D eigenvalue weighted by atomic mass is 9.99. The molecule has 0 aliphatic carbocycles. The Bertz CT molecular complexity index is 605. The molecule has 1 unspecified atom stereocenters. The summed E-state index contributed by atoms with van der Waals surface area (Å²) in [5, 5.41) is 18.1. The van der Waals surface area contributed by atoms with Gasteiger partial charge >= 0.3 is 0 Å². The maximum absolute atomic E-state index is 10.2. The van der Waals surface area contributed by atoms with Crippen LogP contribution in [0.5, 0.6) is 0 Å². The molecule has 1 aromatic carbocycles. The van der Waals surface area contributed by atoms with E-state index >= 15 is 0 Å². The molecule has 24 heavy (non-hydrogen) atoms. The second kappa shape index (κ2) is 8.42. The fourth-order valence-corrected chi connectivity index (χ4v) is 3.15. The van der Waals surface area contributed by atoms with Crippen LogP contribution in [-0.2, 0) is 6.54 Å². The molecule has 130 valence electrons. The molecular formula is C19H28N4O. The zero-order valence-electron chi connectivity index (χ0n) is 14.4. The molecule has 2 aromatic rings. The van der Waals surface area contributed by atoms with Crippen LogP contribution in [0.3, 0.4) is 0 Å². The van der Waals surface area contributed by atoms with E-state index in [9.17, 15) is 5.11 Å². The summed E-state index contributed by atoms with van der Waals surface area (Å²) in [7, 11) is 0. The highest BCUT2D eigenvalue weighted by Gasteiger charge is 2.18. The molecule has 1 saturated heterocycles. The summed E-state index contributed by atoms with van der Waals surface area (Å²) in [6.45, 7) is 6.57. The van der Waals surface area contributed by atoms with Crippen molar-refractivity contribution in [1.82, 2.24) is 20.0 Å². The Kier molecular flexibility index (Phi) is 6.01. The molecule has 0 spiro atoms. The van der Waals surface area contributed by atoms with E-state index in [4.69, 9.17) is 0 Å². The van der Waals surface area contributed by atoms with Gasteiger partial charge in [0.25, 0.3) is 0 Å². The first-order valence-corrected chi connectivity index (χ1v) is 8.92. The summed E-state index contributed by atoms with van der Waals surface area (Å²) in [6, 6.07) is 12.1. The predicted octanol–water partition coefficient (Wildman–Crippen LogP) is 2.05. The third kappa shape index (κ3) is 4.90. The fourth-order valence-electron chi connectivity index (χ4n) is 3.15. The van der Waals surface area contributed by atoms with Crippen LogP contribution >= 0.6 is 0 Å². The maximum atomic E-state index is 10.2. The Labute approximate surface area is 144 Å². The predicted molar refractivity (Wildman–Crippen MR) is 96.1 cm³/mol. The number of benzene rings is 1. The number of nitrogens with zero attached hydrogens (tertiary/aromatic N) is 3. The molecule has 0 radical (unpaired) electrons. The van der Waals surface area contributed by atoms with Crippen molar-refractivity contribution in [1.29, 1.82) is 0 Å². The standard InChI is InChI=1S/C19H28N4O/c1-16-7-10-22(11-8-16)15-19(24)14-20-13-17-9-12-23(21-17)18-5-3-2-4-6-18/h2-6,9,12,16,19-20,24H,7-8,10-11,13-15H2,1H3. The van der Waals surface area contributed by atoms with Gasteiger partial charge < -0.3 is 15.3 Å². The lowest BCUT2D eigenvalue weighted by molar-refractivity contribution is 0.0906. The van der Waals surface area contributed by atoms with Gasteiger partial charge in [-0.25, -0.2) is 4.68 Å². The molecule has 0 amide bonds. The molecular weight excluding hydrogens is 300 g/mol. The van der Waals surface area contributed by atoms with Crippen molar-refractivity contribution in [2.24, 2.45) is 5.92 Å². The van der Waals surface area contributed by atoms with Gasteiger partial charge in [0.15, 0.2) is 0 Å². The van der Waals surface area contributed by atoms with Crippen LogP contribution in [0.1, 0.15) is 25.5 Å². The van der Waals surface area contributed by atoms with E-state index in [1.165, 1.54) is 12.8 Å². The number of aliphatic hydroxyl groups excluding tert-OH is 1. The number of piperidine rings is 1. The average Bonchev–Trinajstić information content (AvgIpc) is 3.07. The van der Waals surface area contributed by atoms with E-state index in [1.807, 2.05) is 47.3 Å². The number of likely N-dealkylation sites (tertiary alicyclic amines) is 1. The van der Waals surface area contributed by atoms with Crippen LogP contribution in [0, 0.1) is 5.92 Å². The van der Waals surface area contributed by atoms with Crippen LogP contribution in [0.4, 0.5) is 0 Å². The molecule has 1 fully saturated rings. The maximum Gasteiger partial charge on any atom is 0.0791 e. The zero-order chi connectivity index (χ0) is 16.8. The monoisotopic (exact) mass is 328 g/mol. The van der Waals surface area contributed by atoms with Crippen molar-refractivity contribution < 1.29 is 5.11 Å². The van der Waals surface area contributed by atoms with Crippen molar-refractivity contribution in [3.8, 4) is 5.69 Å². The van der Waals surface area contributed by atoms with Gasteiger partial charge in [-0.2, -0.15) is 5.10 Å². The largest absolute Gasteiger partial charge is 0.390 e. The van der Waals surface area contributed by atoms with Gasteiger partial charge in [0.1, 0.15) is 0 Å². The van der Waals surface area contributed by atoms with Gasteiger partial charge in [-0.1, -0.05) is 25.1 Å². The van der Waals surface area contributed by atoms with Crippen LogP contribution in [-0.4, -0.2) is 52.1 Å². The van der Waals surface area contributed by atoms with Crippen LogP contribution in [0.25, 0.3) is 5.69 Å². The van der Waals surface area contributed by atoms with Crippen molar-refractivity contribution in [3.05, 3.63) is 48.3 Å². The molecule has 1 aliphatic heterocycles. The van der Waals surface area contributed by atoms with Gasteiger partial charge in [0, 0.05) is 25.8 Å². The van der Waals surface area contributed by atoms with E-state index in [2.05, 4.69) is 22.2 Å². The Balaban J connectivity index is 1.39. The molecule has 1 aromatic heterocycles. The highest BCUT2D eigenvalue weighted by Crippen LogP contribution is 2.15. The lowest BCUT2D eigenvalue weighted by Gasteiger charge is -2.31. The first kappa shape index (κ1) is 17.1. The molecule has 2 heterocycles. The summed E-state index contributed by atoms with van der Waals surface area (Å²) in [6.07, 6.45) is 4.14. The molecule has 0 saturated carbocycles. The van der Waals surface area contributed by atoms with Gasteiger partial charge in [-0.05, 0) is 50.0 Å². The summed E-state index contributed by atoms with van der Waals surface area (Å²) in [4.78, 5) is 2.37. The Morgan fingerprint density at radius 3 is 2.71 bits per heavy atom. The van der Waals surface area contributed by atoms with E-state index < -0.39 is 0 Å². The van der Waals surface area contributed by atoms with Crippen molar-refractivity contribution >= 4 is 0 Å². The van der Waals surface area contributed by atoms with Crippen molar-refractivity contribution in [2.45, 2.75) is 32.4 Å². The molecule has 5 heteroatoms. The highest BCUT2D eigenvalue weighted by atomic mass is 16.3. The van der Waals surface area contributed by atoms with E-state index in [0.717, 1.165) is 36.9 Å². The first-order chi connectivity index (χ1) is 11.7. The second-order valence-electron chi connectivity index (χ2n) is 6.86. The lowest BCUT2D eigenvalue weighted by Crippen LogP contribution is -2.41. The minimum atomic E-state index is -0.324. The Morgan fingerprint density at radius 2 is 1.96 bits per heavy atom. The molecule has 5 nitrogen and oxygen atoms in total. The SMILES string of the molecule is CC1CCN(CC(O)CNCc2ccn(-c3ccccc3)n2)CC1. The minimum absolute atomic E-state index is 0.324. The summed E-state index contributed by atoms with van der Waals surface area (Å²) >= 11 is 0. The molecule has 0 bridgehead atoms.